The molecule has 2 aromatic heterocycles. The van der Waals surface area contributed by atoms with Crippen LogP contribution in [0.2, 0.25) is 5.02 Å². The van der Waals surface area contributed by atoms with Crippen molar-refractivity contribution >= 4 is 28.6 Å². The van der Waals surface area contributed by atoms with Gasteiger partial charge in [-0.2, -0.15) is 0 Å². The summed E-state index contributed by atoms with van der Waals surface area (Å²) in [6.07, 6.45) is 3.84. The van der Waals surface area contributed by atoms with Gasteiger partial charge in [0.2, 0.25) is 0 Å². The highest BCUT2D eigenvalue weighted by molar-refractivity contribution is 7.16. The number of halogens is 1. The first-order chi connectivity index (χ1) is 10.1. The summed E-state index contributed by atoms with van der Waals surface area (Å²) in [4.78, 5) is 9.14. The van der Waals surface area contributed by atoms with Gasteiger partial charge in [0.1, 0.15) is 0 Å². The molecular formula is C16H19ClN2OS. The van der Waals surface area contributed by atoms with Crippen LogP contribution in [0.15, 0.2) is 24.5 Å². The molecule has 0 saturated carbocycles. The molecule has 0 aromatic carbocycles. The lowest BCUT2D eigenvalue weighted by Gasteiger charge is -2.28. The summed E-state index contributed by atoms with van der Waals surface area (Å²) >= 11 is 8.10. The average Bonchev–Trinajstić information content (AvgIpc) is 2.91. The Morgan fingerprint density at radius 2 is 2.00 bits per heavy atom. The van der Waals surface area contributed by atoms with Crippen LogP contribution < -0.4 is 4.90 Å². The van der Waals surface area contributed by atoms with Crippen molar-refractivity contribution in [2.24, 2.45) is 0 Å². The van der Waals surface area contributed by atoms with Crippen molar-refractivity contribution in [3.8, 4) is 10.4 Å². The molecule has 0 radical (unpaired) electrons. The number of ether oxygens (including phenoxy) is 1. The first-order valence-electron chi connectivity index (χ1n) is 7.22. The summed E-state index contributed by atoms with van der Waals surface area (Å²) in [7, 11) is 0. The van der Waals surface area contributed by atoms with E-state index in [1.165, 1.54) is 9.75 Å². The smallest absolute Gasteiger partial charge is 0.0642 e. The van der Waals surface area contributed by atoms with E-state index in [2.05, 4.69) is 35.9 Å². The molecule has 1 saturated heterocycles. The van der Waals surface area contributed by atoms with Crippen molar-refractivity contribution in [1.82, 2.24) is 4.98 Å². The maximum Gasteiger partial charge on any atom is 0.0642 e. The van der Waals surface area contributed by atoms with Crippen LogP contribution in [0.4, 0.5) is 5.69 Å². The van der Waals surface area contributed by atoms with Crippen LogP contribution in [0.3, 0.4) is 0 Å². The number of rotatable bonds is 3. The minimum atomic E-state index is 0.451. The maximum absolute atomic E-state index is 6.34. The van der Waals surface area contributed by atoms with Gasteiger partial charge in [0.25, 0.3) is 0 Å². The normalized spacial score (nSPS) is 15.7. The van der Waals surface area contributed by atoms with E-state index < -0.39 is 0 Å². The third-order valence-electron chi connectivity index (χ3n) is 3.62. The van der Waals surface area contributed by atoms with Crippen molar-refractivity contribution in [2.45, 2.75) is 19.8 Å². The molecule has 0 atom stereocenters. The van der Waals surface area contributed by atoms with Crippen LogP contribution in [-0.2, 0) is 4.74 Å². The quantitative estimate of drug-likeness (QED) is 0.836. The lowest BCUT2D eigenvalue weighted by molar-refractivity contribution is 0.122. The topological polar surface area (TPSA) is 25.4 Å². The van der Waals surface area contributed by atoms with Gasteiger partial charge >= 0.3 is 0 Å². The molecule has 3 nitrogen and oxygen atoms in total. The van der Waals surface area contributed by atoms with Crippen LogP contribution in [0.25, 0.3) is 10.4 Å². The molecule has 2 aromatic rings. The number of nitrogens with zero attached hydrogens (tertiary/aromatic N) is 2. The Balaban J connectivity index is 1.90. The van der Waals surface area contributed by atoms with Crippen LogP contribution in [0.1, 0.15) is 24.6 Å². The fraction of sp³-hybridized carbons (Fsp3) is 0.438. The highest BCUT2D eigenvalue weighted by Crippen LogP contribution is 2.39. The number of morpholine rings is 1. The molecule has 1 fully saturated rings. The van der Waals surface area contributed by atoms with Crippen LogP contribution >= 0.6 is 22.9 Å². The van der Waals surface area contributed by atoms with Crippen molar-refractivity contribution in [3.63, 3.8) is 0 Å². The van der Waals surface area contributed by atoms with E-state index in [-0.39, 0.29) is 0 Å². The summed E-state index contributed by atoms with van der Waals surface area (Å²) in [6, 6.07) is 4.26. The molecule has 0 unspecified atom stereocenters. The molecule has 112 valence electrons. The molecule has 1 aliphatic rings. The number of thiophene rings is 1. The maximum atomic E-state index is 6.34. The minimum Gasteiger partial charge on any atom is -0.378 e. The van der Waals surface area contributed by atoms with E-state index in [1.54, 1.807) is 11.3 Å². The first kappa shape index (κ1) is 14.8. The van der Waals surface area contributed by atoms with Gasteiger partial charge in [-0.25, -0.2) is 0 Å². The second-order valence-corrected chi connectivity index (χ2v) is 7.00. The largest absolute Gasteiger partial charge is 0.378 e. The van der Waals surface area contributed by atoms with Gasteiger partial charge in [0, 0.05) is 34.6 Å². The Labute approximate surface area is 134 Å². The Morgan fingerprint density at radius 3 is 2.67 bits per heavy atom. The molecule has 21 heavy (non-hydrogen) atoms. The van der Waals surface area contributed by atoms with E-state index in [0.29, 0.717) is 5.92 Å². The second-order valence-electron chi connectivity index (χ2n) is 5.51. The van der Waals surface area contributed by atoms with Crippen molar-refractivity contribution in [3.05, 3.63) is 34.4 Å². The van der Waals surface area contributed by atoms with Crippen LogP contribution in [-0.4, -0.2) is 31.3 Å². The summed E-state index contributed by atoms with van der Waals surface area (Å²) in [5, 5.41) is 0.863. The number of hydrogen-bond acceptors (Lipinski definition) is 4. The highest BCUT2D eigenvalue weighted by Gasteiger charge is 2.15. The number of anilines is 1. The van der Waals surface area contributed by atoms with Gasteiger partial charge in [0.15, 0.2) is 0 Å². The SMILES string of the molecule is CC(C)c1sc(-c2cncc(N3CCOCC3)c2)cc1Cl. The van der Waals surface area contributed by atoms with Gasteiger partial charge in [-0.3, -0.25) is 4.98 Å². The Kier molecular flexibility index (Phi) is 4.48. The van der Waals surface area contributed by atoms with Crippen molar-refractivity contribution in [1.29, 1.82) is 0 Å². The second kappa shape index (κ2) is 6.34. The lowest BCUT2D eigenvalue weighted by atomic mass is 10.1. The van der Waals surface area contributed by atoms with E-state index in [4.69, 9.17) is 16.3 Å². The van der Waals surface area contributed by atoms with Gasteiger partial charge < -0.3 is 9.64 Å². The van der Waals surface area contributed by atoms with Crippen molar-refractivity contribution < 1.29 is 4.74 Å². The third kappa shape index (κ3) is 3.23. The monoisotopic (exact) mass is 322 g/mol. The molecule has 1 aliphatic heterocycles. The van der Waals surface area contributed by atoms with Crippen molar-refractivity contribution in [2.75, 3.05) is 31.2 Å². The van der Waals surface area contributed by atoms with E-state index >= 15 is 0 Å². The predicted octanol–water partition coefficient (Wildman–Crippen LogP) is 4.42. The molecule has 0 N–H and O–H groups in total. The van der Waals surface area contributed by atoms with Crippen LogP contribution in [0, 0.1) is 0 Å². The zero-order valence-corrected chi connectivity index (χ0v) is 13.9. The van der Waals surface area contributed by atoms with E-state index in [1.807, 2.05) is 12.4 Å². The predicted molar refractivity (Wildman–Crippen MR) is 89.7 cm³/mol. The Morgan fingerprint density at radius 1 is 1.24 bits per heavy atom. The first-order valence-corrected chi connectivity index (χ1v) is 8.42. The Bertz CT molecular complexity index is 620. The molecule has 5 heteroatoms. The number of aromatic nitrogens is 1. The highest BCUT2D eigenvalue weighted by atomic mass is 35.5. The Hall–Kier alpha value is -1.10. The summed E-state index contributed by atoms with van der Waals surface area (Å²) < 4.78 is 5.40. The van der Waals surface area contributed by atoms with Gasteiger partial charge in [-0.15, -0.1) is 11.3 Å². The fourth-order valence-corrected chi connectivity index (χ4v) is 4.02. The molecule has 0 bridgehead atoms. The van der Waals surface area contributed by atoms with E-state index in [0.717, 1.165) is 42.6 Å². The molecular weight excluding hydrogens is 304 g/mol. The fourth-order valence-electron chi connectivity index (χ4n) is 2.48. The summed E-state index contributed by atoms with van der Waals surface area (Å²) in [5.41, 5.74) is 2.30. The molecule has 0 spiro atoms. The lowest BCUT2D eigenvalue weighted by Crippen LogP contribution is -2.36. The minimum absolute atomic E-state index is 0.451. The zero-order valence-electron chi connectivity index (χ0n) is 12.3. The van der Waals surface area contributed by atoms with Gasteiger partial charge in [-0.1, -0.05) is 25.4 Å². The van der Waals surface area contributed by atoms with Gasteiger partial charge in [0.05, 0.1) is 30.1 Å². The summed E-state index contributed by atoms with van der Waals surface area (Å²) in [6.45, 7) is 7.76. The third-order valence-corrected chi connectivity index (χ3v) is 5.53. The summed E-state index contributed by atoms with van der Waals surface area (Å²) in [5.74, 6) is 0.451. The molecule has 0 amide bonds. The van der Waals surface area contributed by atoms with E-state index in [9.17, 15) is 0 Å². The van der Waals surface area contributed by atoms with Crippen LogP contribution in [0.5, 0.6) is 0 Å². The zero-order chi connectivity index (χ0) is 14.8. The average molecular weight is 323 g/mol. The van der Waals surface area contributed by atoms with Gasteiger partial charge in [-0.05, 0) is 18.1 Å². The molecule has 0 aliphatic carbocycles. The molecule has 3 rings (SSSR count). The number of pyridine rings is 1. The number of hydrogen-bond donors (Lipinski definition) is 0. The standard InChI is InChI=1S/C16H19ClN2OS/c1-11(2)16-14(17)8-15(21-16)12-7-13(10-18-9-12)19-3-5-20-6-4-19/h7-11H,3-6H2,1-2H3. The molecule has 3 heterocycles.